The maximum atomic E-state index is 11.4. The second-order valence-electron chi connectivity index (χ2n) is 5.61. The third-order valence-corrected chi connectivity index (χ3v) is 4.12. The van der Waals surface area contributed by atoms with E-state index >= 15 is 0 Å². The molecule has 0 bridgehead atoms. The summed E-state index contributed by atoms with van der Waals surface area (Å²) in [6, 6.07) is 7.74. The van der Waals surface area contributed by atoms with Crippen molar-refractivity contribution in [3.63, 3.8) is 0 Å². The largest absolute Gasteiger partial charge is 0.478 e. The van der Waals surface area contributed by atoms with E-state index in [0.29, 0.717) is 22.3 Å². The number of carbonyl (C=O) groups is 1. The Morgan fingerprint density at radius 3 is 3.00 bits per heavy atom. The number of aromatic amines is 1. The van der Waals surface area contributed by atoms with Crippen LogP contribution in [-0.2, 0) is 0 Å². The Labute approximate surface area is 141 Å². The molecule has 0 saturated heterocycles. The number of fused-ring (bicyclic) bond motifs is 2. The van der Waals surface area contributed by atoms with E-state index in [-0.39, 0.29) is 5.56 Å². The molecular formula is C17H12N6O2. The Balaban J connectivity index is 1.92. The first-order chi connectivity index (χ1) is 12.1. The van der Waals surface area contributed by atoms with Gasteiger partial charge in [-0.2, -0.15) is 15.5 Å². The Hall–Kier alpha value is -3.86. The minimum Gasteiger partial charge on any atom is -0.478 e. The van der Waals surface area contributed by atoms with Crippen molar-refractivity contribution in [1.82, 2.24) is 19.8 Å². The maximum absolute atomic E-state index is 11.4. The molecule has 3 heterocycles. The molecule has 25 heavy (non-hydrogen) atoms. The van der Waals surface area contributed by atoms with E-state index < -0.39 is 5.97 Å². The summed E-state index contributed by atoms with van der Waals surface area (Å²) in [4.78, 5) is 11.4. The number of nitrogens with one attached hydrogen (secondary N) is 2. The van der Waals surface area contributed by atoms with Crippen LogP contribution in [0.2, 0.25) is 0 Å². The third-order valence-electron chi connectivity index (χ3n) is 4.12. The van der Waals surface area contributed by atoms with Crippen LogP contribution in [0.4, 0.5) is 11.4 Å². The van der Waals surface area contributed by atoms with Crippen LogP contribution < -0.4 is 5.32 Å². The van der Waals surface area contributed by atoms with E-state index in [4.69, 9.17) is 0 Å². The number of hydrogen-bond donors (Lipinski definition) is 3. The summed E-state index contributed by atoms with van der Waals surface area (Å²) in [5.41, 5.74) is 3.69. The van der Waals surface area contributed by atoms with Gasteiger partial charge in [-0.1, -0.05) is 0 Å². The second kappa shape index (κ2) is 5.35. The molecule has 0 fully saturated rings. The fourth-order valence-corrected chi connectivity index (χ4v) is 2.87. The van der Waals surface area contributed by atoms with Gasteiger partial charge in [-0.05, 0) is 30.7 Å². The predicted octanol–water partition coefficient (Wildman–Crippen LogP) is 2.83. The van der Waals surface area contributed by atoms with Gasteiger partial charge in [0.1, 0.15) is 6.07 Å². The average molecular weight is 332 g/mol. The molecule has 8 nitrogen and oxygen atoms in total. The lowest BCUT2D eigenvalue weighted by atomic mass is 10.1. The van der Waals surface area contributed by atoms with Crippen molar-refractivity contribution in [2.75, 3.05) is 5.32 Å². The fraction of sp³-hybridized carbons (Fsp3) is 0.0588. The molecule has 8 heteroatoms. The molecular weight excluding hydrogens is 320 g/mol. The van der Waals surface area contributed by atoms with Crippen molar-refractivity contribution in [3.8, 4) is 6.07 Å². The van der Waals surface area contributed by atoms with Gasteiger partial charge in [0.2, 0.25) is 0 Å². The topological polar surface area (TPSA) is 119 Å². The van der Waals surface area contributed by atoms with Gasteiger partial charge in [0.25, 0.3) is 0 Å². The molecule has 4 rings (SSSR count). The van der Waals surface area contributed by atoms with Crippen LogP contribution in [0.5, 0.6) is 0 Å². The van der Waals surface area contributed by atoms with Crippen LogP contribution in [0, 0.1) is 18.3 Å². The number of carboxylic acid groups (broad SMARTS) is 1. The summed E-state index contributed by atoms with van der Waals surface area (Å²) in [5.74, 6) is -1.04. The number of benzene rings is 1. The highest BCUT2D eigenvalue weighted by Gasteiger charge is 2.19. The van der Waals surface area contributed by atoms with Crippen LogP contribution in [0.25, 0.3) is 16.4 Å². The van der Waals surface area contributed by atoms with Gasteiger partial charge in [0, 0.05) is 17.3 Å². The second-order valence-corrected chi connectivity index (χ2v) is 5.61. The average Bonchev–Trinajstić information content (AvgIpc) is 3.19. The minimum absolute atomic E-state index is 0.148. The molecule has 0 aliphatic heterocycles. The van der Waals surface area contributed by atoms with E-state index in [2.05, 4.69) is 26.7 Å². The van der Waals surface area contributed by atoms with Crippen molar-refractivity contribution in [1.29, 1.82) is 5.26 Å². The number of nitrogens with zero attached hydrogens (tertiary/aromatic N) is 4. The summed E-state index contributed by atoms with van der Waals surface area (Å²) in [7, 11) is 0. The molecule has 0 radical (unpaired) electrons. The molecule has 0 unspecified atom stereocenters. The standard InChI is InChI=1S/C17H12N6O2/c1-9-13(17(24)25)8-23-16(9)15(11(5-18)7-20-23)21-12-3-2-10-6-19-22-14(10)4-12/h2-4,6-8,21H,1H3,(H,19,22)(H,24,25). The molecule has 4 aromatic rings. The van der Waals surface area contributed by atoms with Crippen LogP contribution in [0.1, 0.15) is 21.5 Å². The van der Waals surface area contributed by atoms with E-state index in [1.165, 1.54) is 16.9 Å². The van der Waals surface area contributed by atoms with Crippen molar-refractivity contribution in [2.24, 2.45) is 0 Å². The first-order valence-corrected chi connectivity index (χ1v) is 7.43. The normalized spacial score (nSPS) is 10.9. The molecule has 122 valence electrons. The summed E-state index contributed by atoms with van der Waals surface area (Å²) in [6.45, 7) is 1.70. The van der Waals surface area contributed by atoms with Crippen LogP contribution in [-0.4, -0.2) is 30.9 Å². The third kappa shape index (κ3) is 2.26. The summed E-state index contributed by atoms with van der Waals surface area (Å²) in [5, 5.41) is 34.0. The number of carboxylic acids is 1. The zero-order valence-electron chi connectivity index (χ0n) is 13.1. The minimum atomic E-state index is -1.04. The lowest BCUT2D eigenvalue weighted by Gasteiger charge is -2.11. The van der Waals surface area contributed by atoms with Crippen molar-refractivity contribution in [2.45, 2.75) is 6.92 Å². The SMILES string of the molecule is Cc1c(C(=O)O)cn2ncc(C#N)c(Nc3ccc4cn[nH]c4c3)c12. The number of aromatic carboxylic acids is 1. The molecule has 0 spiro atoms. The Kier molecular flexibility index (Phi) is 3.15. The van der Waals surface area contributed by atoms with E-state index in [1.807, 2.05) is 18.2 Å². The smallest absolute Gasteiger partial charge is 0.337 e. The van der Waals surface area contributed by atoms with Gasteiger partial charge in [0.15, 0.2) is 0 Å². The van der Waals surface area contributed by atoms with Crippen molar-refractivity contribution in [3.05, 3.63) is 53.5 Å². The quantitative estimate of drug-likeness (QED) is 0.531. The van der Waals surface area contributed by atoms with Crippen LogP contribution in [0.3, 0.4) is 0 Å². The Morgan fingerprint density at radius 1 is 1.40 bits per heavy atom. The molecule has 3 aromatic heterocycles. The first-order valence-electron chi connectivity index (χ1n) is 7.43. The van der Waals surface area contributed by atoms with Gasteiger partial charge in [-0.3, -0.25) is 5.10 Å². The number of aryl methyl sites for hydroxylation is 1. The number of anilines is 2. The monoisotopic (exact) mass is 332 g/mol. The molecule has 0 aliphatic rings. The predicted molar refractivity (Wildman–Crippen MR) is 91.0 cm³/mol. The molecule has 0 atom stereocenters. The maximum Gasteiger partial charge on any atom is 0.337 e. The van der Waals surface area contributed by atoms with Crippen molar-refractivity contribution < 1.29 is 9.90 Å². The molecule has 1 aromatic carbocycles. The Morgan fingerprint density at radius 2 is 2.24 bits per heavy atom. The van der Waals surface area contributed by atoms with E-state index in [0.717, 1.165) is 16.6 Å². The molecule has 0 amide bonds. The van der Waals surface area contributed by atoms with Crippen LogP contribution >= 0.6 is 0 Å². The number of rotatable bonds is 3. The molecule has 0 saturated carbocycles. The van der Waals surface area contributed by atoms with Gasteiger partial charge in [-0.15, -0.1) is 0 Å². The highest BCUT2D eigenvalue weighted by molar-refractivity contribution is 5.96. The number of nitriles is 1. The summed E-state index contributed by atoms with van der Waals surface area (Å²) in [6.07, 6.45) is 4.58. The Bertz CT molecular complexity index is 1180. The highest BCUT2D eigenvalue weighted by atomic mass is 16.4. The fourth-order valence-electron chi connectivity index (χ4n) is 2.87. The van der Waals surface area contributed by atoms with Crippen LogP contribution in [0.15, 0.2) is 36.8 Å². The van der Waals surface area contributed by atoms with Gasteiger partial charge < -0.3 is 10.4 Å². The van der Waals surface area contributed by atoms with Gasteiger partial charge >= 0.3 is 5.97 Å². The van der Waals surface area contributed by atoms with Crippen molar-refractivity contribution >= 4 is 33.8 Å². The lowest BCUT2D eigenvalue weighted by Crippen LogP contribution is -2.01. The summed E-state index contributed by atoms with van der Waals surface area (Å²) >= 11 is 0. The first kappa shape index (κ1) is 14.7. The zero-order chi connectivity index (χ0) is 17.6. The number of hydrogen-bond acceptors (Lipinski definition) is 5. The number of H-pyrrole nitrogens is 1. The highest BCUT2D eigenvalue weighted by Crippen LogP contribution is 2.30. The molecule has 0 aliphatic carbocycles. The number of aromatic nitrogens is 4. The van der Waals surface area contributed by atoms with Gasteiger partial charge in [-0.25, -0.2) is 9.31 Å². The lowest BCUT2D eigenvalue weighted by molar-refractivity contribution is 0.0696. The zero-order valence-corrected chi connectivity index (χ0v) is 13.1. The van der Waals surface area contributed by atoms with E-state index in [1.54, 1.807) is 13.1 Å². The summed E-state index contributed by atoms with van der Waals surface area (Å²) < 4.78 is 1.47. The molecule has 3 N–H and O–H groups in total. The van der Waals surface area contributed by atoms with Gasteiger partial charge in [0.05, 0.1) is 40.2 Å². The van der Waals surface area contributed by atoms with E-state index in [9.17, 15) is 15.2 Å².